The number of aliphatic hydroxyl groups is 1. The van der Waals surface area contributed by atoms with Crippen molar-refractivity contribution >= 4 is 26.9 Å². The van der Waals surface area contributed by atoms with E-state index in [2.05, 4.69) is 15.9 Å². The first kappa shape index (κ1) is 13.4. The van der Waals surface area contributed by atoms with Gasteiger partial charge in [0.15, 0.2) is 0 Å². The Morgan fingerprint density at radius 2 is 1.85 bits per heavy atom. The molecule has 1 unspecified atom stereocenters. The van der Waals surface area contributed by atoms with Crippen molar-refractivity contribution in [3.05, 3.63) is 69.4 Å². The highest BCUT2D eigenvalue weighted by molar-refractivity contribution is 9.10. The van der Waals surface area contributed by atoms with E-state index in [1.54, 1.807) is 0 Å². The third-order valence-electron chi connectivity index (χ3n) is 3.54. The van der Waals surface area contributed by atoms with Gasteiger partial charge in [0.05, 0.1) is 0 Å². The minimum absolute atomic E-state index is 0.574. The van der Waals surface area contributed by atoms with E-state index in [0.717, 1.165) is 32.1 Å². The lowest BCUT2D eigenvalue weighted by Crippen LogP contribution is -1.98. The molecule has 0 aliphatic carbocycles. The third kappa shape index (κ3) is 2.28. The molecule has 3 heteroatoms. The number of halogens is 1. The summed E-state index contributed by atoms with van der Waals surface area (Å²) in [5.41, 5.74) is 3.87. The molecule has 0 spiro atoms. The van der Waals surface area contributed by atoms with E-state index < -0.39 is 6.10 Å². The van der Waals surface area contributed by atoms with Crippen molar-refractivity contribution in [3.63, 3.8) is 0 Å². The number of fused-ring (bicyclic) bond motifs is 1. The predicted octanol–water partition coefficient (Wildman–Crippen LogP) is 4.89. The number of para-hydroxylation sites is 1. The normalized spacial score (nSPS) is 12.8. The van der Waals surface area contributed by atoms with Crippen molar-refractivity contribution < 1.29 is 9.52 Å². The quantitative estimate of drug-likeness (QED) is 0.725. The number of rotatable bonds is 2. The van der Waals surface area contributed by atoms with Gasteiger partial charge in [-0.05, 0) is 42.7 Å². The third-order valence-corrected chi connectivity index (χ3v) is 4.40. The molecule has 0 radical (unpaired) electrons. The molecule has 3 aromatic rings. The van der Waals surface area contributed by atoms with Crippen molar-refractivity contribution in [2.24, 2.45) is 0 Å². The molecule has 0 amide bonds. The van der Waals surface area contributed by atoms with E-state index in [9.17, 15) is 5.11 Å². The number of hydrogen-bond acceptors (Lipinski definition) is 2. The summed E-state index contributed by atoms with van der Waals surface area (Å²) in [6.45, 7) is 4.02. The molecular formula is C17H15BrO2. The molecule has 0 aliphatic rings. The lowest BCUT2D eigenvalue weighted by atomic mass is 10.1. The topological polar surface area (TPSA) is 33.4 Å². The number of furan rings is 1. The number of aliphatic hydroxyl groups excluding tert-OH is 1. The average Bonchev–Trinajstić information content (AvgIpc) is 2.86. The fourth-order valence-electron chi connectivity index (χ4n) is 2.31. The second-order valence-corrected chi connectivity index (χ2v) is 5.91. The van der Waals surface area contributed by atoms with Gasteiger partial charge in [0, 0.05) is 9.86 Å². The Hall–Kier alpha value is -1.58. The smallest absolute Gasteiger partial charge is 0.138 e. The molecule has 2 aromatic carbocycles. The minimum atomic E-state index is -0.751. The van der Waals surface area contributed by atoms with Crippen LogP contribution in [0.5, 0.6) is 0 Å². The Kier molecular flexibility index (Phi) is 3.40. The maximum absolute atomic E-state index is 10.5. The van der Waals surface area contributed by atoms with Crippen molar-refractivity contribution in [3.8, 4) is 0 Å². The summed E-state index contributed by atoms with van der Waals surface area (Å²) in [6.07, 6.45) is -0.751. The SMILES string of the molecule is Cc1ccc(C(O)c2cc3cccc(C)c3o2)cc1Br. The van der Waals surface area contributed by atoms with Crippen molar-refractivity contribution in [1.29, 1.82) is 0 Å². The van der Waals surface area contributed by atoms with Crippen LogP contribution in [0.3, 0.4) is 0 Å². The highest BCUT2D eigenvalue weighted by Gasteiger charge is 2.16. The van der Waals surface area contributed by atoms with Gasteiger partial charge in [-0.25, -0.2) is 0 Å². The zero-order chi connectivity index (χ0) is 14.3. The molecule has 0 saturated carbocycles. The summed E-state index contributed by atoms with van der Waals surface area (Å²) in [5.74, 6) is 0.574. The van der Waals surface area contributed by atoms with Crippen molar-refractivity contribution in [2.45, 2.75) is 20.0 Å². The molecule has 1 heterocycles. The van der Waals surface area contributed by atoms with Crippen LogP contribution in [0.2, 0.25) is 0 Å². The fraction of sp³-hybridized carbons (Fsp3) is 0.176. The standard InChI is InChI=1S/C17H15BrO2/c1-10-6-7-12(8-14(10)18)16(19)15-9-13-5-3-4-11(2)17(13)20-15/h3-9,16,19H,1-2H3. The van der Waals surface area contributed by atoms with E-state index in [0.29, 0.717) is 5.76 Å². The van der Waals surface area contributed by atoms with Crippen LogP contribution in [0.4, 0.5) is 0 Å². The van der Waals surface area contributed by atoms with Gasteiger partial charge in [-0.1, -0.05) is 46.3 Å². The van der Waals surface area contributed by atoms with E-state index in [4.69, 9.17) is 4.42 Å². The highest BCUT2D eigenvalue weighted by Crippen LogP contribution is 2.31. The van der Waals surface area contributed by atoms with E-state index >= 15 is 0 Å². The second kappa shape index (κ2) is 5.08. The van der Waals surface area contributed by atoms with E-state index in [-0.39, 0.29) is 0 Å². The number of benzene rings is 2. The first-order chi connectivity index (χ1) is 9.56. The molecule has 1 atom stereocenters. The zero-order valence-electron chi connectivity index (χ0n) is 11.4. The number of hydrogen-bond donors (Lipinski definition) is 1. The molecule has 0 bridgehead atoms. The lowest BCUT2D eigenvalue weighted by molar-refractivity contribution is 0.192. The average molecular weight is 331 g/mol. The number of aryl methyl sites for hydroxylation is 2. The summed E-state index contributed by atoms with van der Waals surface area (Å²) in [5, 5.41) is 11.5. The van der Waals surface area contributed by atoms with Gasteiger partial charge in [0.1, 0.15) is 17.4 Å². The highest BCUT2D eigenvalue weighted by atomic mass is 79.9. The Morgan fingerprint density at radius 1 is 1.05 bits per heavy atom. The van der Waals surface area contributed by atoms with Gasteiger partial charge < -0.3 is 9.52 Å². The first-order valence-corrected chi connectivity index (χ1v) is 7.29. The van der Waals surface area contributed by atoms with Crippen molar-refractivity contribution in [1.82, 2.24) is 0 Å². The van der Waals surface area contributed by atoms with Crippen LogP contribution in [0.15, 0.2) is 51.4 Å². The summed E-state index contributed by atoms with van der Waals surface area (Å²) < 4.78 is 6.81. The molecule has 2 nitrogen and oxygen atoms in total. The molecule has 102 valence electrons. The molecule has 1 aromatic heterocycles. The largest absolute Gasteiger partial charge is 0.458 e. The van der Waals surface area contributed by atoms with Gasteiger partial charge >= 0.3 is 0 Å². The maximum Gasteiger partial charge on any atom is 0.138 e. The van der Waals surface area contributed by atoms with Gasteiger partial charge in [0.25, 0.3) is 0 Å². The Morgan fingerprint density at radius 3 is 2.55 bits per heavy atom. The molecule has 0 saturated heterocycles. The van der Waals surface area contributed by atoms with Gasteiger partial charge in [-0.2, -0.15) is 0 Å². The van der Waals surface area contributed by atoms with E-state index in [1.165, 1.54) is 0 Å². The van der Waals surface area contributed by atoms with Crippen molar-refractivity contribution in [2.75, 3.05) is 0 Å². The summed E-state index contributed by atoms with van der Waals surface area (Å²) >= 11 is 3.49. The summed E-state index contributed by atoms with van der Waals surface area (Å²) in [6, 6.07) is 13.7. The van der Waals surface area contributed by atoms with Crippen LogP contribution in [0.1, 0.15) is 28.6 Å². The molecular weight excluding hydrogens is 316 g/mol. The predicted molar refractivity (Wildman–Crippen MR) is 83.9 cm³/mol. The van der Waals surface area contributed by atoms with E-state index in [1.807, 2.05) is 56.3 Å². The maximum atomic E-state index is 10.5. The first-order valence-electron chi connectivity index (χ1n) is 6.49. The fourth-order valence-corrected chi connectivity index (χ4v) is 2.70. The molecule has 3 rings (SSSR count). The van der Waals surface area contributed by atoms with Gasteiger partial charge in [-0.3, -0.25) is 0 Å². The lowest BCUT2D eigenvalue weighted by Gasteiger charge is -2.09. The van der Waals surface area contributed by atoms with Crippen LogP contribution < -0.4 is 0 Å². The Labute approximate surface area is 126 Å². The summed E-state index contributed by atoms with van der Waals surface area (Å²) in [4.78, 5) is 0. The van der Waals surface area contributed by atoms with Gasteiger partial charge in [0.2, 0.25) is 0 Å². The van der Waals surface area contributed by atoms with Gasteiger partial charge in [-0.15, -0.1) is 0 Å². The molecule has 1 N–H and O–H groups in total. The van der Waals surface area contributed by atoms with Crippen LogP contribution in [0, 0.1) is 13.8 Å². The van der Waals surface area contributed by atoms with Crippen LogP contribution in [-0.4, -0.2) is 5.11 Å². The zero-order valence-corrected chi connectivity index (χ0v) is 12.9. The Bertz CT molecular complexity index is 774. The Balaban J connectivity index is 2.05. The summed E-state index contributed by atoms with van der Waals surface area (Å²) in [7, 11) is 0. The minimum Gasteiger partial charge on any atom is -0.458 e. The monoisotopic (exact) mass is 330 g/mol. The van der Waals surface area contributed by atoms with Crippen LogP contribution in [0.25, 0.3) is 11.0 Å². The van der Waals surface area contributed by atoms with Crippen LogP contribution in [-0.2, 0) is 0 Å². The molecule has 20 heavy (non-hydrogen) atoms. The second-order valence-electron chi connectivity index (χ2n) is 5.05. The van der Waals surface area contributed by atoms with Crippen LogP contribution >= 0.6 is 15.9 Å². The molecule has 0 fully saturated rings. The molecule has 0 aliphatic heterocycles.